The van der Waals surface area contributed by atoms with Gasteiger partial charge in [0, 0.05) is 0 Å². The van der Waals surface area contributed by atoms with Crippen molar-refractivity contribution in [2.24, 2.45) is 0 Å². The number of unbranched alkanes of at least 4 members (excludes halogenated alkanes) is 22. The summed E-state index contributed by atoms with van der Waals surface area (Å²) >= 11 is 0. The van der Waals surface area contributed by atoms with E-state index in [2.05, 4.69) is 13.8 Å². The van der Waals surface area contributed by atoms with Crippen molar-refractivity contribution in [2.45, 2.75) is 218 Å². The molecule has 12 nitrogen and oxygen atoms in total. The molecule has 5 aromatic carbocycles. The van der Waals surface area contributed by atoms with Crippen molar-refractivity contribution in [3.8, 4) is 0 Å². The monoisotopic (exact) mass is 1160 g/mol. The first kappa shape index (κ1) is 67.2. The average Bonchev–Trinajstić information content (AvgIpc) is 3.37. The zero-order chi connectivity index (χ0) is 59.9. The molecule has 0 radical (unpaired) electrons. The Morgan fingerprint density at radius 2 is 0.741 bits per heavy atom. The molecule has 12 heteroatoms. The van der Waals surface area contributed by atoms with E-state index in [9.17, 15) is 24.0 Å². The van der Waals surface area contributed by atoms with Gasteiger partial charge < -0.3 is 33.2 Å². The maximum absolute atomic E-state index is 14.4. The van der Waals surface area contributed by atoms with E-state index in [1.54, 1.807) is 133 Å². The van der Waals surface area contributed by atoms with Crippen LogP contribution in [0, 0.1) is 0 Å². The first-order chi connectivity index (χ1) is 41.7. The number of hydrogen-bond donors (Lipinski definition) is 0. The van der Waals surface area contributed by atoms with Crippen LogP contribution in [-0.4, -0.2) is 79.9 Å². The standard InChI is InChI=1S/C73H94O12/c1-3-5-7-9-11-13-15-17-19-21-23-30-42-57(54-63(81-69(75)59-45-33-26-34-46-59)53-41-24-22-20-18-16-14-12-10-8-6-4-2)55-80-73-67(85-72(78)62-51-39-29-40-52-62)66(84-71(77)61-49-37-28-38-50-61)65(83-70(76)60-47-35-27-36-48-60)64(82-73)56-79-68(74)58-43-31-25-32-44-58/h25-29,31-40,43-52,54,63-67,73H,3-24,30,41-42,53,55-56H2,1-2H3/b57-54+/t63-,64+,65+,66-,67+,73+/m0/s1. The quantitative estimate of drug-likeness (QED) is 0.0159. The lowest BCUT2D eigenvalue weighted by molar-refractivity contribution is -0.296. The van der Waals surface area contributed by atoms with E-state index in [0.717, 1.165) is 56.9 Å². The first-order valence-electron chi connectivity index (χ1n) is 32.0. The highest BCUT2D eigenvalue weighted by Crippen LogP contribution is 2.33. The van der Waals surface area contributed by atoms with Crippen molar-refractivity contribution in [2.75, 3.05) is 13.2 Å². The summed E-state index contributed by atoms with van der Waals surface area (Å²) in [6.07, 6.45) is 23.6. The summed E-state index contributed by atoms with van der Waals surface area (Å²) < 4.78 is 44.9. The van der Waals surface area contributed by atoms with Gasteiger partial charge in [0.2, 0.25) is 0 Å². The van der Waals surface area contributed by atoms with Crippen LogP contribution in [0.5, 0.6) is 0 Å². The molecule has 1 aliphatic rings. The molecule has 458 valence electrons. The van der Waals surface area contributed by atoms with E-state index in [-0.39, 0.29) is 28.9 Å². The van der Waals surface area contributed by atoms with Crippen LogP contribution < -0.4 is 0 Å². The summed E-state index contributed by atoms with van der Waals surface area (Å²) in [4.78, 5) is 70.4. The Bertz CT molecular complexity index is 2660. The van der Waals surface area contributed by atoms with Crippen LogP contribution in [0.2, 0.25) is 0 Å². The summed E-state index contributed by atoms with van der Waals surface area (Å²) in [6.45, 7) is 3.93. The predicted molar refractivity (Wildman–Crippen MR) is 333 cm³/mol. The normalized spacial score (nSPS) is 17.1. The van der Waals surface area contributed by atoms with Crippen LogP contribution in [0.3, 0.4) is 0 Å². The van der Waals surface area contributed by atoms with Crippen LogP contribution in [0.15, 0.2) is 163 Å². The highest BCUT2D eigenvalue weighted by Gasteiger charge is 2.54. The second-order valence-electron chi connectivity index (χ2n) is 22.5. The molecule has 0 unspecified atom stereocenters. The summed E-state index contributed by atoms with van der Waals surface area (Å²) in [7, 11) is 0. The lowest BCUT2D eigenvalue weighted by Crippen LogP contribution is -2.63. The van der Waals surface area contributed by atoms with Gasteiger partial charge in [-0.15, -0.1) is 0 Å². The van der Waals surface area contributed by atoms with Gasteiger partial charge in [0.05, 0.1) is 34.4 Å². The Hall–Kier alpha value is -6.89. The molecule has 85 heavy (non-hydrogen) atoms. The Kier molecular flexibility index (Phi) is 32.0. The Morgan fingerprint density at radius 1 is 0.400 bits per heavy atom. The minimum absolute atomic E-state index is 0.0791. The summed E-state index contributed by atoms with van der Waals surface area (Å²) in [5.41, 5.74) is 2.10. The molecule has 1 aliphatic heterocycles. The van der Waals surface area contributed by atoms with Gasteiger partial charge in [-0.05, 0) is 98.0 Å². The fourth-order valence-corrected chi connectivity index (χ4v) is 10.7. The molecule has 6 atom stereocenters. The lowest BCUT2D eigenvalue weighted by atomic mass is 9.97. The van der Waals surface area contributed by atoms with Crippen LogP contribution >= 0.6 is 0 Å². The number of carbonyl (C=O) groups is 5. The molecule has 1 fully saturated rings. The number of rotatable bonds is 41. The molecular formula is C73H94O12. The highest BCUT2D eigenvalue weighted by atomic mass is 16.7. The van der Waals surface area contributed by atoms with Gasteiger partial charge in [0.25, 0.3) is 0 Å². The molecule has 0 N–H and O–H groups in total. The van der Waals surface area contributed by atoms with Crippen molar-refractivity contribution in [3.05, 3.63) is 191 Å². The zero-order valence-corrected chi connectivity index (χ0v) is 50.7. The summed E-state index contributed by atoms with van der Waals surface area (Å²) in [5.74, 6) is -3.49. The number of hydrogen-bond acceptors (Lipinski definition) is 12. The maximum Gasteiger partial charge on any atom is 0.338 e. The predicted octanol–water partition coefficient (Wildman–Crippen LogP) is 17.6. The SMILES string of the molecule is CCCCCCCCCCCCCC/C(=C\[C@H](CCCCCCCCCCCCCC)OC(=O)c1ccccc1)CO[C@@H]1O[C@H](COC(=O)c2ccccc2)[C@@H](OC(=O)c2ccccc2)[C@H](OC(=O)c2ccccc2)[C@H]1OC(=O)c1ccccc1. The minimum Gasteiger partial charge on any atom is -0.459 e. The van der Waals surface area contributed by atoms with Crippen molar-refractivity contribution < 1.29 is 57.1 Å². The third-order valence-electron chi connectivity index (χ3n) is 15.6. The molecule has 0 bridgehead atoms. The third-order valence-corrected chi connectivity index (χ3v) is 15.6. The average molecular weight is 1160 g/mol. The smallest absolute Gasteiger partial charge is 0.338 e. The largest absolute Gasteiger partial charge is 0.459 e. The van der Waals surface area contributed by atoms with Crippen LogP contribution in [0.25, 0.3) is 0 Å². The van der Waals surface area contributed by atoms with E-state index in [0.29, 0.717) is 18.4 Å². The Balaban J connectivity index is 1.31. The van der Waals surface area contributed by atoms with Gasteiger partial charge in [-0.25, -0.2) is 24.0 Å². The fourth-order valence-electron chi connectivity index (χ4n) is 10.7. The fraction of sp³-hybridized carbons (Fsp3) is 0.493. The molecular weight excluding hydrogens is 1070 g/mol. The Labute approximate surface area is 506 Å². The zero-order valence-electron chi connectivity index (χ0n) is 50.7. The molecule has 6 rings (SSSR count). The molecule has 5 aromatic rings. The van der Waals surface area contributed by atoms with E-state index < -0.39 is 73.3 Å². The van der Waals surface area contributed by atoms with Gasteiger partial charge >= 0.3 is 29.8 Å². The number of benzene rings is 5. The van der Waals surface area contributed by atoms with E-state index >= 15 is 0 Å². The highest BCUT2D eigenvalue weighted by molar-refractivity contribution is 5.92. The molecule has 0 amide bonds. The van der Waals surface area contributed by atoms with Gasteiger partial charge in [-0.3, -0.25) is 0 Å². The summed E-state index contributed by atoms with van der Waals surface area (Å²) in [5, 5.41) is 0. The van der Waals surface area contributed by atoms with Crippen molar-refractivity contribution in [1.29, 1.82) is 0 Å². The van der Waals surface area contributed by atoms with Gasteiger partial charge in [0.15, 0.2) is 24.6 Å². The Morgan fingerprint density at radius 3 is 1.15 bits per heavy atom. The first-order valence-corrected chi connectivity index (χ1v) is 32.0. The molecule has 0 aliphatic carbocycles. The van der Waals surface area contributed by atoms with E-state index in [1.165, 1.54) is 103 Å². The summed E-state index contributed by atoms with van der Waals surface area (Å²) in [6, 6.07) is 42.3. The van der Waals surface area contributed by atoms with E-state index in [4.69, 9.17) is 33.2 Å². The molecule has 0 spiro atoms. The molecule has 0 aromatic heterocycles. The second kappa shape index (κ2) is 40.4. The van der Waals surface area contributed by atoms with Crippen molar-refractivity contribution in [1.82, 2.24) is 0 Å². The van der Waals surface area contributed by atoms with Gasteiger partial charge in [0.1, 0.15) is 18.8 Å². The topological polar surface area (TPSA) is 150 Å². The van der Waals surface area contributed by atoms with Gasteiger partial charge in [-0.1, -0.05) is 246 Å². The van der Waals surface area contributed by atoms with E-state index in [1.807, 2.05) is 24.3 Å². The second-order valence-corrected chi connectivity index (χ2v) is 22.5. The van der Waals surface area contributed by atoms with Crippen molar-refractivity contribution >= 4 is 29.8 Å². The van der Waals surface area contributed by atoms with Crippen molar-refractivity contribution in [3.63, 3.8) is 0 Å². The number of ether oxygens (including phenoxy) is 7. The maximum atomic E-state index is 14.4. The number of carbonyl (C=O) groups excluding carboxylic acids is 5. The third kappa shape index (κ3) is 25.3. The minimum atomic E-state index is -1.58. The van der Waals surface area contributed by atoms with Gasteiger partial charge in [-0.2, -0.15) is 0 Å². The molecule has 0 saturated carbocycles. The molecule has 1 heterocycles. The lowest BCUT2D eigenvalue weighted by Gasteiger charge is -2.44. The van der Waals surface area contributed by atoms with Crippen LogP contribution in [0.4, 0.5) is 0 Å². The molecule has 1 saturated heterocycles. The number of esters is 5. The van der Waals surface area contributed by atoms with Crippen LogP contribution in [0.1, 0.15) is 233 Å². The van der Waals surface area contributed by atoms with Crippen LogP contribution in [-0.2, 0) is 33.2 Å².